The molecule has 5 nitrogen and oxygen atoms in total. The number of nitrogens with zero attached hydrogens (tertiary/aromatic N) is 4. The Labute approximate surface area is 158 Å². The average Bonchev–Trinajstić information content (AvgIpc) is 3.38. The molecule has 0 saturated heterocycles. The Morgan fingerprint density at radius 2 is 2.00 bits per heavy atom. The van der Waals surface area contributed by atoms with Gasteiger partial charge in [0.25, 0.3) is 0 Å². The fourth-order valence-electron chi connectivity index (χ4n) is 3.30. The van der Waals surface area contributed by atoms with Crippen LogP contribution in [0.3, 0.4) is 0 Å². The standard InChI is InChI=1S/C19H16N4OS2/c1-11(16-22-23-17(24-16)12-6-3-2-4-7-12)25-18-15-13-8-5-9-14(13)26-19(15)21-10-20-18/h2-4,6-7,10-11H,5,8-9H2,1H3. The summed E-state index contributed by atoms with van der Waals surface area (Å²) in [6, 6.07) is 9.84. The van der Waals surface area contributed by atoms with Gasteiger partial charge in [-0.05, 0) is 43.9 Å². The Bertz CT molecular complexity index is 1070. The van der Waals surface area contributed by atoms with Crippen molar-refractivity contribution in [3.63, 3.8) is 0 Å². The lowest BCUT2D eigenvalue weighted by atomic mass is 10.2. The summed E-state index contributed by atoms with van der Waals surface area (Å²) in [5.41, 5.74) is 2.37. The zero-order chi connectivity index (χ0) is 17.5. The number of fused-ring (bicyclic) bond motifs is 3. The Morgan fingerprint density at radius 1 is 1.12 bits per heavy atom. The number of aromatic nitrogens is 4. The number of rotatable bonds is 4. The molecule has 1 aromatic carbocycles. The summed E-state index contributed by atoms with van der Waals surface area (Å²) in [5.74, 6) is 1.17. The van der Waals surface area contributed by atoms with E-state index in [1.54, 1.807) is 18.1 Å². The maximum absolute atomic E-state index is 5.91. The highest BCUT2D eigenvalue weighted by molar-refractivity contribution is 7.99. The fraction of sp³-hybridized carbons (Fsp3) is 0.263. The summed E-state index contributed by atoms with van der Waals surface area (Å²) in [6.07, 6.45) is 5.19. The zero-order valence-corrected chi connectivity index (χ0v) is 15.8. The van der Waals surface area contributed by atoms with Crippen molar-refractivity contribution >= 4 is 33.3 Å². The number of thiophene rings is 1. The second-order valence-electron chi connectivity index (χ2n) is 6.29. The van der Waals surface area contributed by atoms with Gasteiger partial charge in [0.05, 0.1) is 5.25 Å². The van der Waals surface area contributed by atoms with E-state index in [-0.39, 0.29) is 5.25 Å². The normalized spacial score (nSPS) is 14.7. The molecular weight excluding hydrogens is 364 g/mol. The van der Waals surface area contributed by atoms with E-state index in [4.69, 9.17) is 4.42 Å². The molecule has 0 amide bonds. The van der Waals surface area contributed by atoms with Gasteiger partial charge in [-0.3, -0.25) is 0 Å². The number of hydrogen-bond acceptors (Lipinski definition) is 7. The maximum Gasteiger partial charge on any atom is 0.247 e. The van der Waals surface area contributed by atoms with Crippen molar-refractivity contribution in [2.24, 2.45) is 0 Å². The van der Waals surface area contributed by atoms with Gasteiger partial charge in [-0.15, -0.1) is 21.5 Å². The predicted octanol–water partition coefficient (Wildman–Crippen LogP) is 5.08. The van der Waals surface area contributed by atoms with Crippen molar-refractivity contribution in [2.75, 3.05) is 0 Å². The third-order valence-corrected chi connectivity index (χ3v) is 6.85. The molecule has 130 valence electrons. The van der Waals surface area contributed by atoms with Crippen LogP contribution in [0.5, 0.6) is 0 Å². The van der Waals surface area contributed by atoms with Crippen molar-refractivity contribution < 1.29 is 4.42 Å². The van der Waals surface area contributed by atoms with Crippen LogP contribution in [0, 0.1) is 0 Å². The summed E-state index contributed by atoms with van der Waals surface area (Å²) >= 11 is 3.47. The molecule has 1 aliphatic rings. The van der Waals surface area contributed by atoms with Crippen molar-refractivity contribution in [1.82, 2.24) is 20.2 Å². The molecule has 7 heteroatoms. The van der Waals surface area contributed by atoms with Crippen LogP contribution >= 0.6 is 23.1 Å². The highest BCUT2D eigenvalue weighted by Gasteiger charge is 2.24. The van der Waals surface area contributed by atoms with Gasteiger partial charge in [-0.1, -0.05) is 30.0 Å². The minimum atomic E-state index is 0.0232. The lowest BCUT2D eigenvalue weighted by Gasteiger charge is -2.07. The molecule has 3 heterocycles. The molecule has 1 unspecified atom stereocenters. The first-order chi connectivity index (χ1) is 12.8. The van der Waals surface area contributed by atoms with Crippen molar-refractivity contribution in [3.8, 4) is 11.5 Å². The van der Waals surface area contributed by atoms with Gasteiger partial charge in [-0.2, -0.15) is 0 Å². The number of aryl methyl sites for hydroxylation is 2. The molecule has 0 aliphatic heterocycles. The largest absolute Gasteiger partial charge is 0.419 e. The first kappa shape index (κ1) is 16.0. The first-order valence-electron chi connectivity index (χ1n) is 8.60. The van der Waals surface area contributed by atoms with Gasteiger partial charge in [0, 0.05) is 15.8 Å². The lowest BCUT2D eigenvalue weighted by Crippen LogP contribution is -1.92. The van der Waals surface area contributed by atoms with Crippen LogP contribution in [0.25, 0.3) is 21.7 Å². The van der Waals surface area contributed by atoms with E-state index < -0.39 is 0 Å². The van der Waals surface area contributed by atoms with E-state index in [9.17, 15) is 0 Å². The Morgan fingerprint density at radius 3 is 2.88 bits per heavy atom. The van der Waals surface area contributed by atoms with Crippen LogP contribution in [-0.2, 0) is 12.8 Å². The quantitative estimate of drug-likeness (QED) is 0.363. The SMILES string of the molecule is CC(Sc1ncnc2sc3c(c12)CCC3)c1nnc(-c2ccccc2)o1. The molecule has 0 fully saturated rings. The second-order valence-corrected chi connectivity index (χ2v) is 8.70. The summed E-state index contributed by atoms with van der Waals surface area (Å²) in [4.78, 5) is 11.6. The molecular formula is C19H16N4OS2. The van der Waals surface area contributed by atoms with Gasteiger partial charge in [0.2, 0.25) is 11.8 Å². The number of thioether (sulfide) groups is 1. The van der Waals surface area contributed by atoms with E-state index in [1.165, 1.54) is 28.7 Å². The molecule has 4 aromatic rings. The van der Waals surface area contributed by atoms with Crippen LogP contribution in [-0.4, -0.2) is 20.2 Å². The molecule has 3 aromatic heterocycles. The van der Waals surface area contributed by atoms with Crippen LogP contribution in [0.15, 0.2) is 46.1 Å². The molecule has 0 spiro atoms. The van der Waals surface area contributed by atoms with E-state index in [1.807, 2.05) is 41.7 Å². The summed E-state index contributed by atoms with van der Waals surface area (Å²) in [5, 5.41) is 10.7. The molecule has 5 rings (SSSR count). The molecule has 1 atom stereocenters. The summed E-state index contributed by atoms with van der Waals surface area (Å²) < 4.78 is 5.91. The monoisotopic (exact) mass is 380 g/mol. The van der Waals surface area contributed by atoms with Crippen molar-refractivity contribution in [2.45, 2.75) is 36.5 Å². The van der Waals surface area contributed by atoms with Gasteiger partial charge in [-0.25, -0.2) is 9.97 Å². The Kier molecular flexibility index (Phi) is 3.98. The topological polar surface area (TPSA) is 64.7 Å². The minimum absolute atomic E-state index is 0.0232. The van der Waals surface area contributed by atoms with E-state index in [0.29, 0.717) is 11.8 Å². The lowest BCUT2D eigenvalue weighted by molar-refractivity contribution is 0.509. The van der Waals surface area contributed by atoms with Crippen LogP contribution in [0.1, 0.15) is 34.9 Å². The predicted molar refractivity (Wildman–Crippen MR) is 103 cm³/mol. The third-order valence-electron chi connectivity index (χ3n) is 4.56. The molecule has 1 aliphatic carbocycles. The third kappa shape index (κ3) is 2.71. The summed E-state index contributed by atoms with van der Waals surface area (Å²) in [6.45, 7) is 2.08. The smallest absolute Gasteiger partial charge is 0.247 e. The molecule has 26 heavy (non-hydrogen) atoms. The minimum Gasteiger partial charge on any atom is -0.419 e. The molecule has 0 bridgehead atoms. The first-order valence-corrected chi connectivity index (χ1v) is 10.3. The van der Waals surface area contributed by atoms with Gasteiger partial charge in [0.15, 0.2) is 0 Å². The van der Waals surface area contributed by atoms with Gasteiger partial charge < -0.3 is 4.42 Å². The Hall–Kier alpha value is -2.25. The van der Waals surface area contributed by atoms with Crippen LogP contribution in [0.2, 0.25) is 0 Å². The molecule has 0 N–H and O–H groups in total. The molecule has 0 radical (unpaired) electrons. The highest BCUT2D eigenvalue weighted by atomic mass is 32.2. The average molecular weight is 380 g/mol. The van der Waals surface area contributed by atoms with E-state index in [0.717, 1.165) is 21.8 Å². The van der Waals surface area contributed by atoms with Crippen molar-refractivity contribution in [3.05, 3.63) is 53.0 Å². The summed E-state index contributed by atoms with van der Waals surface area (Å²) in [7, 11) is 0. The van der Waals surface area contributed by atoms with E-state index >= 15 is 0 Å². The number of hydrogen-bond donors (Lipinski definition) is 0. The van der Waals surface area contributed by atoms with Gasteiger partial charge >= 0.3 is 0 Å². The highest BCUT2D eigenvalue weighted by Crippen LogP contribution is 2.43. The number of benzene rings is 1. The zero-order valence-electron chi connectivity index (χ0n) is 14.2. The molecule has 0 saturated carbocycles. The Balaban J connectivity index is 1.45. The second kappa shape index (κ2) is 6.48. The van der Waals surface area contributed by atoms with E-state index in [2.05, 4.69) is 27.1 Å². The van der Waals surface area contributed by atoms with Crippen LogP contribution < -0.4 is 0 Å². The maximum atomic E-state index is 5.91. The fourth-order valence-corrected chi connectivity index (χ4v) is 5.57. The van der Waals surface area contributed by atoms with Crippen molar-refractivity contribution in [1.29, 1.82) is 0 Å². The van der Waals surface area contributed by atoms with Crippen LogP contribution in [0.4, 0.5) is 0 Å². The van der Waals surface area contributed by atoms with Gasteiger partial charge in [0.1, 0.15) is 16.2 Å².